The van der Waals surface area contributed by atoms with E-state index < -0.39 is 0 Å². The Labute approximate surface area is 82.0 Å². The van der Waals surface area contributed by atoms with Crippen molar-refractivity contribution < 1.29 is 4.84 Å². The normalized spacial score (nSPS) is 29.5. The summed E-state index contributed by atoms with van der Waals surface area (Å²) < 4.78 is 0. The van der Waals surface area contributed by atoms with E-state index >= 15 is 0 Å². The lowest BCUT2D eigenvalue weighted by atomic mass is 9.81. The van der Waals surface area contributed by atoms with Gasteiger partial charge < -0.3 is 4.84 Å². The van der Waals surface area contributed by atoms with Crippen LogP contribution in [0.15, 0.2) is 0 Å². The molecule has 2 atom stereocenters. The molecule has 1 rings (SSSR count). The molecule has 78 valence electrons. The van der Waals surface area contributed by atoms with E-state index in [1.54, 1.807) is 7.11 Å². The number of hydrogen-bond donors (Lipinski definition) is 1. The molecule has 0 aliphatic heterocycles. The Morgan fingerprint density at radius 1 is 1.38 bits per heavy atom. The van der Waals surface area contributed by atoms with Crippen molar-refractivity contribution in [1.29, 1.82) is 0 Å². The van der Waals surface area contributed by atoms with Gasteiger partial charge in [-0.3, -0.25) is 0 Å². The van der Waals surface area contributed by atoms with Gasteiger partial charge in [0.2, 0.25) is 0 Å². The van der Waals surface area contributed by atoms with Gasteiger partial charge in [0.15, 0.2) is 0 Å². The first-order valence-electron chi connectivity index (χ1n) is 5.51. The number of rotatable bonds is 4. The largest absolute Gasteiger partial charge is 0.305 e. The molecule has 13 heavy (non-hydrogen) atoms. The smallest absolute Gasteiger partial charge is 0.0572 e. The predicted octanol–water partition coefficient (Wildman–Crippen LogP) is 2.74. The SMILES string of the molecule is CONC1CCCC(CC(C)C)C1. The molecule has 2 unspecified atom stereocenters. The van der Waals surface area contributed by atoms with Gasteiger partial charge in [-0.1, -0.05) is 26.7 Å². The van der Waals surface area contributed by atoms with E-state index in [0.717, 1.165) is 11.8 Å². The molecule has 1 aliphatic rings. The van der Waals surface area contributed by atoms with Crippen molar-refractivity contribution in [2.45, 2.75) is 52.0 Å². The Balaban J connectivity index is 2.24. The molecule has 0 spiro atoms. The molecule has 2 nitrogen and oxygen atoms in total. The molecular formula is C11H23NO. The average molecular weight is 185 g/mol. The summed E-state index contributed by atoms with van der Waals surface area (Å²) in [6.45, 7) is 4.63. The summed E-state index contributed by atoms with van der Waals surface area (Å²) in [4.78, 5) is 4.98. The topological polar surface area (TPSA) is 21.3 Å². The van der Waals surface area contributed by atoms with Crippen LogP contribution < -0.4 is 5.48 Å². The van der Waals surface area contributed by atoms with Gasteiger partial charge in [-0.15, -0.1) is 0 Å². The highest BCUT2D eigenvalue weighted by Crippen LogP contribution is 2.29. The van der Waals surface area contributed by atoms with Crippen LogP contribution in [0.25, 0.3) is 0 Å². The first kappa shape index (κ1) is 11.0. The Morgan fingerprint density at radius 3 is 2.77 bits per heavy atom. The summed E-state index contributed by atoms with van der Waals surface area (Å²) in [5.41, 5.74) is 3.09. The highest BCUT2D eigenvalue weighted by molar-refractivity contribution is 4.76. The fraction of sp³-hybridized carbons (Fsp3) is 1.00. The van der Waals surface area contributed by atoms with Crippen molar-refractivity contribution >= 4 is 0 Å². The summed E-state index contributed by atoms with van der Waals surface area (Å²) >= 11 is 0. The zero-order valence-corrected chi connectivity index (χ0v) is 9.18. The molecule has 0 aromatic heterocycles. The van der Waals surface area contributed by atoms with Crippen molar-refractivity contribution in [2.75, 3.05) is 7.11 Å². The molecule has 1 saturated carbocycles. The third kappa shape index (κ3) is 4.10. The maximum Gasteiger partial charge on any atom is 0.0572 e. The molecule has 0 radical (unpaired) electrons. The van der Waals surface area contributed by atoms with Gasteiger partial charge in [-0.25, -0.2) is 0 Å². The monoisotopic (exact) mass is 185 g/mol. The standard InChI is InChI=1S/C11H23NO/c1-9(2)7-10-5-4-6-11(8-10)12-13-3/h9-12H,4-8H2,1-3H3. The van der Waals surface area contributed by atoms with Crippen LogP contribution in [0, 0.1) is 11.8 Å². The fourth-order valence-electron chi connectivity index (χ4n) is 2.45. The van der Waals surface area contributed by atoms with Crippen LogP contribution in [0.4, 0.5) is 0 Å². The molecule has 1 fully saturated rings. The van der Waals surface area contributed by atoms with E-state index in [0.29, 0.717) is 6.04 Å². The van der Waals surface area contributed by atoms with Gasteiger partial charge >= 0.3 is 0 Å². The van der Waals surface area contributed by atoms with Crippen LogP contribution in [0.5, 0.6) is 0 Å². The maximum atomic E-state index is 4.98. The average Bonchev–Trinajstić information content (AvgIpc) is 2.04. The minimum atomic E-state index is 0.600. The van der Waals surface area contributed by atoms with Gasteiger partial charge in [-0.05, 0) is 31.1 Å². The van der Waals surface area contributed by atoms with Gasteiger partial charge in [0.05, 0.1) is 7.11 Å². The third-order valence-electron chi connectivity index (χ3n) is 2.87. The van der Waals surface area contributed by atoms with E-state index in [9.17, 15) is 0 Å². The summed E-state index contributed by atoms with van der Waals surface area (Å²) in [7, 11) is 1.71. The molecule has 0 aromatic rings. The molecule has 0 amide bonds. The second-order valence-electron chi connectivity index (χ2n) is 4.68. The van der Waals surface area contributed by atoms with E-state index in [-0.39, 0.29) is 0 Å². The number of nitrogens with one attached hydrogen (secondary N) is 1. The van der Waals surface area contributed by atoms with E-state index in [1.165, 1.54) is 32.1 Å². The number of hydroxylamine groups is 1. The second-order valence-corrected chi connectivity index (χ2v) is 4.68. The zero-order chi connectivity index (χ0) is 9.68. The van der Waals surface area contributed by atoms with Crippen LogP contribution in [0.1, 0.15) is 46.0 Å². The second kappa shape index (κ2) is 5.61. The summed E-state index contributed by atoms with van der Waals surface area (Å²) in [6, 6.07) is 0.600. The summed E-state index contributed by atoms with van der Waals surface area (Å²) in [6.07, 6.45) is 6.73. The summed E-state index contributed by atoms with van der Waals surface area (Å²) in [5, 5.41) is 0. The van der Waals surface area contributed by atoms with Gasteiger partial charge in [0.25, 0.3) is 0 Å². The first-order valence-corrected chi connectivity index (χ1v) is 5.51. The van der Waals surface area contributed by atoms with Crippen LogP contribution in [0.3, 0.4) is 0 Å². The fourth-order valence-corrected chi connectivity index (χ4v) is 2.45. The summed E-state index contributed by atoms with van der Waals surface area (Å²) in [5.74, 6) is 1.76. The van der Waals surface area contributed by atoms with Crippen LogP contribution in [-0.4, -0.2) is 13.2 Å². The molecule has 0 saturated heterocycles. The highest BCUT2D eigenvalue weighted by Gasteiger charge is 2.22. The van der Waals surface area contributed by atoms with Crippen molar-refractivity contribution in [3.63, 3.8) is 0 Å². The lowest BCUT2D eigenvalue weighted by molar-refractivity contribution is 0.0386. The number of hydrogen-bond acceptors (Lipinski definition) is 2. The lowest BCUT2D eigenvalue weighted by Crippen LogP contribution is -2.33. The molecule has 0 heterocycles. The van der Waals surface area contributed by atoms with E-state index in [4.69, 9.17) is 4.84 Å². The third-order valence-corrected chi connectivity index (χ3v) is 2.87. The van der Waals surface area contributed by atoms with Crippen LogP contribution in [0.2, 0.25) is 0 Å². The molecule has 1 N–H and O–H groups in total. The van der Waals surface area contributed by atoms with Crippen molar-refractivity contribution in [1.82, 2.24) is 5.48 Å². The van der Waals surface area contributed by atoms with Crippen LogP contribution in [-0.2, 0) is 4.84 Å². The molecule has 0 bridgehead atoms. The predicted molar refractivity (Wildman–Crippen MR) is 55.3 cm³/mol. The van der Waals surface area contributed by atoms with Crippen molar-refractivity contribution in [2.24, 2.45) is 11.8 Å². The maximum absolute atomic E-state index is 4.98. The molecule has 0 aromatic carbocycles. The Bertz CT molecular complexity index is 134. The first-order chi connectivity index (χ1) is 6.22. The van der Waals surface area contributed by atoms with Gasteiger partial charge in [0, 0.05) is 6.04 Å². The molecule has 1 aliphatic carbocycles. The van der Waals surface area contributed by atoms with Crippen LogP contribution >= 0.6 is 0 Å². The molecular weight excluding hydrogens is 162 g/mol. The van der Waals surface area contributed by atoms with Gasteiger partial charge in [0.1, 0.15) is 0 Å². The van der Waals surface area contributed by atoms with E-state index in [2.05, 4.69) is 19.3 Å². The Morgan fingerprint density at radius 2 is 2.15 bits per heavy atom. The lowest BCUT2D eigenvalue weighted by Gasteiger charge is -2.29. The van der Waals surface area contributed by atoms with Crippen molar-refractivity contribution in [3.8, 4) is 0 Å². The zero-order valence-electron chi connectivity index (χ0n) is 9.18. The highest BCUT2D eigenvalue weighted by atomic mass is 16.6. The Hall–Kier alpha value is -0.0800. The molecule has 2 heteroatoms. The Kier molecular flexibility index (Phi) is 4.74. The quantitative estimate of drug-likeness (QED) is 0.680. The van der Waals surface area contributed by atoms with Gasteiger partial charge in [-0.2, -0.15) is 5.48 Å². The van der Waals surface area contributed by atoms with E-state index in [1.807, 2.05) is 0 Å². The minimum absolute atomic E-state index is 0.600. The minimum Gasteiger partial charge on any atom is -0.305 e. The van der Waals surface area contributed by atoms with Crippen molar-refractivity contribution in [3.05, 3.63) is 0 Å².